The van der Waals surface area contributed by atoms with Crippen molar-refractivity contribution in [3.05, 3.63) is 48.0 Å². The molecular weight excluding hydrogens is 382 g/mol. The molecule has 3 heteroatoms. The highest BCUT2D eigenvalue weighted by Crippen LogP contribution is 2.40. The first-order valence-electron chi connectivity index (χ1n) is 12.2. The molecule has 1 aliphatic carbocycles. The topological polar surface area (TPSA) is 21.7 Å². The van der Waals surface area contributed by atoms with Gasteiger partial charge in [0.05, 0.1) is 14.2 Å². The maximum atomic E-state index is 5.78. The summed E-state index contributed by atoms with van der Waals surface area (Å²) in [5, 5.41) is 0. The lowest BCUT2D eigenvalue weighted by Crippen LogP contribution is -2.47. The summed E-state index contributed by atoms with van der Waals surface area (Å²) in [6.07, 6.45) is 8.01. The van der Waals surface area contributed by atoms with Crippen LogP contribution < -0.4 is 9.47 Å². The Morgan fingerprint density at radius 3 is 2.39 bits per heavy atom. The Bertz CT molecular complexity index is 856. The molecule has 2 aliphatic rings. The molecule has 2 aromatic rings. The van der Waals surface area contributed by atoms with Gasteiger partial charge in [0.1, 0.15) is 11.5 Å². The Morgan fingerprint density at radius 2 is 1.68 bits per heavy atom. The van der Waals surface area contributed by atoms with E-state index in [1.54, 1.807) is 14.2 Å². The van der Waals surface area contributed by atoms with Crippen LogP contribution in [0, 0.1) is 11.8 Å². The lowest BCUT2D eigenvalue weighted by Gasteiger charge is -2.44. The molecule has 2 aromatic carbocycles. The fourth-order valence-corrected chi connectivity index (χ4v) is 5.84. The number of nitrogens with zero attached hydrogens (tertiary/aromatic N) is 1. The lowest BCUT2D eigenvalue weighted by molar-refractivity contribution is 0.0640. The Hall–Kier alpha value is -2.00. The molecule has 3 nitrogen and oxygen atoms in total. The monoisotopic (exact) mass is 421 g/mol. The lowest BCUT2D eigenvalue weighted by atomic mass is 9.76. The number of hydrogen-bond acceptors (Lipinski definition) is 3. The normalized spacial score (nSPS) is 25.4. The van der Waals surface area contributed by atoms with Crippen LogP contribution in [0.4, 0.5) is 0 Å². The van der Waals surface area contributed by atoms with Gasteiger partial charge < -0.3 is 14.4 Å². The predicted octanol–water partition coefficient (Wildman–Crippen LogP) is 6.77. The highest BCUT2D eigenvalue weighted by Gasteiger charge is 2.34. The molecule has 0 bridgehead atoms. The maximum absolute atomic E-state index is 5.78. The summed E-state index contributed by atoms with van der Waals surface area (Å²) in [5.74, 6) is 4.26. The van der Waals surface area contributed by atoms with Crippen molar-refractivity contribution in [1.29, 1.82) is 0 Å². The number of benzene rings is 2. The van der Waals surface area contributed by atoms with Gasteiger partial charge in [-0.1, -0.05) is 44.9 Å². The van der Waals surface area contributed by atoms with Gasteiger partial charge in [-0.2, -0.15) is 0 Å². The molecule has 2 fully saturated rings. The van der Waals surface area contributed by atoms with Crippen LogP contribution in [0.15, 0.2) is 42.5 Å². The highest BCUT2D eigenvalue weighted by molar-refractivity contribution is 5.67. The van der Waals surface area contributed by atoms with Gasteiger partial charge in [0.15, 0.2) is 0 Å². The minimum atomic E-state index is 0.567. The number of ether oxygens (including phenoxy) is 2. The van der Waals surface area contributed by atoms with Crippen LogP contribution in [-0.2, 0) is 0 Å². The number of likely N-dealkylation sites (tertiary alicyclic amines) is 1. The number of piperidine rings is 1. The van der Waals surface area contributed by atoms with E-state index >= 15 is 0 Å². The third-order valence-corrected chi connectivity index (χ3v) is 7.91. The molecule has 0 amide bonds. The van der Waals surface area contributed by atoms with E-state index in [0.717, 1.165) is 29.4 Å². The van der Waals surface area contributed by atoms with Crippen molar-refractivity contribution >= 4 is 0 Å². The zero-order valence-corrected chi connectivity index (χ0v) is 19.8. The summed E-state index contributed by atoms with van der Waals surface area (Å²) in [7, 11) is 3.52. The van der Waals surface area contributed by atoms with Gasteiger partial charge >= 0.3 is 0 Å². The van der Waals surface area contributed by atoms with Gasteiger partial charge in [0.2, 0.25) is 0 Å². The Morgan fingerprint density at radius 1 is 0.903 bits per heavy atom. The Balaban J connectivity index is 1.49. The molecular formula is C28H39NO2. The summed E-state index contributed by atoms with van der Waals surface area (Å²) in [4.78, 5) is 2.81. The van der Waals surface area contributed by atoms with Crippen molar-refractivity contribution in [1.82, 2.24) is 4.90 Å². The number of rotatable bonds is 6. The minimum absolute atomic E-state index is 0.567. The summed E-state index contributed by atoms with van der Waals surface area (Å²) in [6, 6.07) is 15.8. The van der Waals surface area contributed by atoms with Gasteiger partial charge in [0.25, 0.3) is 0 Å². The molecule has 1 saturated heterocycles. The van der Waals surface area contributed by atoms with E-state index in [0.29, 0.717) is 5.92 Å². The number of methoxy groups -OCH3 is 2. The van der Waals surface area contributed by atoms with Crippen LogP contribution in [-0.4, -0.2) is 38.3 Å². The van der Waals surface area contributed by atoms with E-state index in [4.69, 9.17) is 9.47 Å². The van der Waals surface area contributed by atoms with E-state index < -0.39 is 0 Å². The Labute approximate surface area is 188 Å². The summed E-state index contributed by atoms with van der Waals surface area (Å²) >= 11 is 0. The van der Waals surface area contributed by atoms with Crippen molar-refractivity contribution in [2.24, 2.45) is 11.8 Å². The van der Waals surface area contributed by atoms with Crippen LogP contribution in [0.5, 0.6) is 11.5 Å². The largest absolute Gasteiger partial charge is 0.497 e. The fraction of sp³-hybridized carbons (Fsp3) is 0.571. The second kappa shape index (κ2) is 10.1. The van der Waals surface area contributed by atoms with Gasteiger partial charge in [-0.25, -0.2) is 0 Å². The highest BCUT2D eigenvalue weighted by atomic mass is 16.5. The maximum Gasteiger partial charge on any atom is 0.122 e. The molecule has 1 saturated carbocycles. The second-order valence-corrected chi connectivity index (χ2v) is 9.63. The van der Waals surface area contributed by atoms with E-state index in [1.165, 1.54) is 68.3 Å². The van der Waals surface area contributed by atoms with E-state index in [-0.39, 0.29) is 0 Å². The van der Waals surface area contributed by atoms with Crippen molar-refractivity contribution in [3.63, 3.8) is 0 Å². The third kappa shape index (κ3) is 4.92. The van der Waals surface area contributed by atoms with E-state index in [1.807, 2.05) is 6.07 Å². The molecule has 4 rings (SSSR count). The van der Waals surface area contributed by atoms with Gasteiger partial charge in [-0.05, 0) is 97.5 Å². The summed E-state index contributed by atoms with van der Waals surface area (Å²) < 4.78 is 11.2. The molecule has 1 aliphatic heterocycles. The van der Waals surface area contributed by atoms with Crippen LogP contribution in [0.3, 0.4) is 0 Å². The molecule has 0 radical (unpaired) electrons. The van der Waals surface area contributed by atoms with Crippen molar-refractivity contribution in [3.8, 4) is 22.6 Å². The quantitative estimate of drug-likeness (QED) is 0.514. The SMILES string of the molecule is CC[C@@H]1CC[C@@H](C)[C@@H](N2CCC(c3cc(-c4cccc(OC)c4)ccc3OC)CC2)C1. The fourth-order valence-electron chi connectivity index (χ4n) is 5.84. The molecule has 1 heterocycles. The van der Waals surface area contributed by atoms with Crippen molar-refractivity contribution in [2.45, 2.75) is 64.3 Å². The molecule has 3 atom stereocenters. The van der Waals surface area contributed by atoms with Crippen LogP contribution in [0.2, 0.25) is 0 Å². The molecule has 31 heavy (non-hydrogen) atoms. The molecule has 0 spiro atoms. The zero-order chi connectivity index (χ0) is 21.8. The van der Waals surface area contributed by atoms with Crippen LogP contribution in [0.1, 0.15) is 63.9 Å². The third-order valence-electron chi connectivity index (χ3n) is 7.91. The van der Waals surface area contributed by atoms with Gasteiger partial charge in [-0.3, -0.25) is 0 Å². The first-order chi connectivity index (χ1) is 15.1. The second-order valence-electron chi connectivity index (χ2n) is 9.63. The molecule has 0 N–H and O–H groups in total. The Kier molecular flexibility index (Phi) is 7.22. The van der Waals surface area contributed by atoms with E-state index in [2.05, 4.69) is 55.1 Å². The first kappa shape index (κ1) is 22.2. The van der Waals surface area contributed by atoms with Crippen molar-refractivity contribution < 1.29 is 9.47 Å². The van der Waals surface area contributed by atoms with Crippen LogP contribution in [0.25, 0.3) is 11.1 Å². The molecule has 0 unspecified atom stereocenters. The summed E-state index contributed by atoms with van der Waals surface area (Å²) in [6.45, 7) is 7.26. The zero-order valence-electron chi connectivity index (χ0n) is 19.8. The van der Waals surface area contributed by atoms with Crippen LogP contribution >= 0.6 is 0 Å². The average Bonchev–Trinajstić information content (AvgIpc) is 2.84. The summed E-state index contributed by atoms with van der Waals surface area (Å²) in [5.41, 5.74) is 3.80. The predicted molar refractivity (Wildman–Crippen MR) is 129 cm³/mol. The first-order valence-corrected chi connectivity index (χ1v) is 12.2. The van der Waals surface area contributed by atoms with Crippen molar-refractivity contribution in [2.75, 3.05) is 27.3 Å². The number of hydrogen-bond donors (Lipinski definition) is 0. The standard InChI is InChI=1S/C28H39NO2/c1-5-21-10-9-20(2)27(17-21)29-15-13-22(14-16-29)26-19-24(11-12-28(26)31-4)23-7-6-8-25(18-23)30-3/h6-8,11-12,18-22,27H,5,9-10,13-17H2,1-4H3/t20-,21-,27+/m1/s1. The average molecular weight is 422 g/mol. The minimum Gasteiger partial charge on any atom is -0.497 e. The smallest absolute Gasteiger partial charge is 0.122 e. The molecule has 168 valence electrons. The van der Waals surface area contributed by atoms with Gasteiger partial charge in [-0.15, -0.1) is 0 Å². The van der Waals surface area contributed by atoms with Gasteiger partial charge in [0, 0.05) is 6.04 Å². The van der Waals surface area contributed by atoms with E-state index in [9.17, 15) is 0 Å². The molecule has 0 aromatic heterocycles.